The SMILES string of the molecule is F[PH+](F)F.F[PH+](F)F.F[PH+](F)F.[C-]1=CCCC=CCC1.[Ru+]. The Hall–Kier alpha value is 0.763. The molecular weight excluding hydrogens is 461 g/mol. The molecule has 0 saturated carbocycles. The van der Waals surface area contributed by atoms with E-state index in [-0.39, 0.29) is 19.5 Å². The Bertz CT molecular complexity index is 181. The summed E-state index contributed by atoms with van der Waals surface area (Å²) in [5.41, 5.74) is 0. The third-order valence-corrected chi connectivity index (χ3v) is 1.24. The molecule has 0 heterocycles. The molecule has 0 N–H and O–H groups in total. The first-order valence-electron chi connectivity index (χ1n) is 4.90. The van der Waals surface area contributed by atoms with Crippen LogP contribution in [0.25, 0.3) is 0 Å². The van der Waals surface area contributed by atoms with E-state index in [2.05, 4.69) is 24.3 Å². The first-order valence-corrected chi connectivity index (χ1v) is 8.30. The molecule has 1 rings (SSSR count). The molecule has 0 nitrogen and oxygen atoms in total. The molecule has 0 fully saturated rings. The monoisotopic (exact) mass is 476 g/mol. The molecule has 0 atom stereocenters. The third-order valence-electron chi connectivity index (χ3n) is 1.24. The molecule has 0 aliphatic heterocycles. The molecule has 0 aromatic rings. The molecule has 0 aromatic heterocycles. The quantitative estimate of drug-likeness (QED) is 0.109. The average Bonchev–Trinajstić information content (AvgIpc) is 2.12. The maximum Gasteiger partial charge on any atom is 1.00 e. The van der Waals surface area contributed by atoms with Crippen LogP contribution in [0, 0.1) is 6.08 Å². The second-order valence-electron chi connectivity index (χ2n) is 2.64. The summed E-state index contributed by atoms with van der Waals surface area (Å²) in [7, 11) is -13.1. The maximum atomic E-state index is 9.77. The zero-order valence-electron chi connectivity index (χ0n) is 10.3. The van der Waals surface area contributed by atoms with Crippen LogP contribution in [0.2, 0.25) is 0 Å². The minimum absolute atomic E-state index is 0. The van der Waals surface area contributed by atoms with Gasteiger partial charge in [0.1, 0.15) is 0 Å². The summed E-state index contributed by atoms with van der Waals surface area (Å²) >= 11 is 0. The Labute approximate surface area is 134 Å². The zero-order chi connectivity index (χ0) is 16.4. The van der Waals surface area contributed by atoms with E-state index >= 15 is 0 Å². The van der Waals surface area contributed by atoms with E-state index in [1.54, 1.807) is 0 Å². The van der Waals surface area contributed by atoms with Gasteiger partial charge in [-0.05, 0) is 6.42 Å². The van der Waals surface area contributed by atoms with Gasteiger partial charge in [-0.1, -0.05) is 25.0 Å². The number of rotatable bonds is 0. The van der Waals surface area contributed by atoms with E-state index < -0.39 is 26.6 Å². The van der Waals surface area contributed by atoms with Gasteiger partial charge in [0.25, 0.3) is 0 Å². The average molecular weight is 475 g/mol. The molecule has 1 radical (unpaired) electrons. The summed E-state index contributed by atoms with van der Waals surface area (Å²) in [4.78, 5) is 0. The Balaban J connectivity index is -0.0000000973. The van der Waals surface area contributed by atoms with Crippen molar-refractivity contribution in [3.63, 3.8) is 0 Å². The van der Waals surface area contributed by atoms with Gasteiger partial charge in [0, 0.05) is 37.8 Å². The van der Waals surface area contributed by atoms with E-state index in [1.165, 1.54) is 19.3 Å². The second-order valence-corrected chi connectivity index (χ2v) is 3.92. The van der Waals surface area contributed by atoms with Crippen molar-refractivity contribution in [2.45, 2.75) is 25.7 Å². The Morgan fingerprint density at radius 3 is 1.33 bits per heavy atom. The van der Waals surface area contributed by atoms with Crippen molar-refractivity contribution in [3.8, 4) is 0 Å². The van der Waals surface area contributed by atoms with Crippen LogP contribution in [-0.4, -0.2) is 0 Å². The molecular formula is C8H14F9P3Ru+3. The minimum atomic E-state index is -4.38. The fourth-order valence-corrected chi connectivity index (χ4v) is 0.786. The van der Waals surface area contributed by atoms with Crippen molar-refractivity contribution >= 4 is 26.6 Å². The number of allylic oxidation sites excluding steroid dienone is 4. The molecule has 13 heteroatoms. The molecule has 129 valence electrons. The smallest absolute Gasteiger partial charge is 0.500 e. The molecule has 0 unspecified atom stereocenters. The van der Waals surface area contributed by atoms with E-state index in [0.717, 1.165) is 6.42 Å². The van der Waals surface area contributed by atoms with Crippen molar-refractivity contribution in [3.05, 3.63) is 24.3 Å². The van der Waals surface area contributed by atoms with Crippen molar-refractivity contribution in [2.24, 2.45) is 0 Å². The number of halogens is 9. The topological polar surface area (TPSA) is 0 Å². The van der Waals surface area contributed by atoms with Gasteiger partial charge in [0.05, 0.1) is 0 Å². The van der Waals surface area contributed by atoms with Crippen LogP contribution in [-0.2, 0) is 19.5 Å². The van der Waals surface area contributed by atoms with Gasteiger partial charge in [0.2, 0.25) is 0 Å². The minimum Gasteiger partial charge on any atom is -0.500 e. The molecule has 0 spiro atoms. The molecule has 0 bridgehead atoms. The standard InChI is InChI=1S/C8H11.3F3HP.Ru/c1-2-4-6-8-7-5-3-1;3*1-4(2)3;/h1-2,7H,3-6H2;3*4H;/q-1;4*+1. The van der Waals surface area contributed by atoms with E-state index in [9.17, 15) is 37.8 Å². The fourth-order valence-electron chi connectivity index (χ4n) is 0.786. The molecule has 0 saturated heterocycles. The van der Waals surface area contributed by atoms with E-state index in [4.69, 9.17) is 0 Å². The van der Waals surface area contributed by atoms with E-state index in [1.807, 2.05) is 0 Å². The number of hydrogen-bond donors (Lipinski definition) is 0. The normalized spacial score (nSPS) is 12.8. The summed E-state index contributed by atoms with van der Waals surface area (Å²) in [6, 6.07) is 0. The van der Waals surface area contributed by atoms with Crippen LogP contribution in [0.15, 0.2) is 18.2 Å². The van der Waals surface area contributed by atoms with Gasteiger partial charge in [-0.3, -0.25) is 6.08 Å². The summed E-state index contributed by atoms with van der Waals surface area (Å²) in [6.07, 6.45) is 14.5. The van der Waals surface area contributed by atoms with Crippen LogP contribution >= 0.6 is 26.6 Å². The van der Waals surface area contributed by atoms with Crippen molar-refractivity contribution in [2.75, 3.05) is 0 Å². The Morgan fingerprint density at radius 2 is 0.952 bits per heavy atom. The van der Waals surface area contributed by atoms with Crippen LogP contribution in [0.1, 0.15) is 25.7 Å². The molecule has 21 heavy (non-hydrogen) atoms. The van der Waals surface area contributed by atoms with Crippen molar-refractivity contribution < 1.29 is 57.3 Å². The Morgan fingerprint density at radius 1 is 0.619 bits per heavy atom. The predicted molar refractivity (Wildman–Crippen MR) is 70.3 cm³/mol. The van der Waals surface area contributed by atoms with Gasteiger partial charge < -0.3 is 6.08 Å². The summed E-state index contributed by atoms with van der Waals surface area (Å²) in [5.74, 6) is 0. The summed E-state index contributed by atoms with van der Waals surface area (Å²) < 4.78 is 87.9. The second kappa shape index (κ2) is 25.7. The van der Waals surface area contributed by atoms with Crippen LogP contribution in [0.4, 0.5) is 37.8 Å². The molecule has 0 aromatic carbocycles. The van der Waals surface area contributed by atoms with Crippen molar-refractivity contribution in [1.29, 1.82) is 0 Å². The van der Waals surface area contributed by atoms with Gasteiger partial charge in [0.15, 0.2) is 0 Å². The molecule has 1 aliphatic rings. The number of hydrogen-bond acceptors (Lipinski definition) is 0. The van der Waals surface area contributed by atoms with Crippen LogP contribution < -0.4 is 0 Å². The molecule has 1 aliphatic carbocycles. The van der Waals surface area contributed by atoms with Gasteiger partial charge in [-0.25, -0.2) is 0 Å². The zero-order valence-corrected chi connectivity index (χ0v) is 15.1. The maximum absolute atomic E-state index is 9.77. The third kappa shape index (κ3) is 95.2. The first kappa shape index (κ1) is 29.7. The van der Waals surface area contributed by atoms with Gasteiger partial charge in [-0.2, -0.15) is 6.42 Å². The van der Waals surface area contributed by atoms with Gasteiger partial charge >= 0.3 is 46.0 Å². The van der Waals surface area contributed by atoms with Crippen LogP contribution in [0.5, 0.6) is 0 Å². The largest absolute Gasteiger partial charge is 1.00 e. The van der Waals surface area contributed by atoms with E-state index in [0.29, 0.717) is 0 Å². The summed E-state index contributed by atoms with van der Waals surface area (Å²) in [6.45, 7) is 0. The fraction of sp³-hybridized carbons (Fsp3) is 0.500. The predicted octanol–water partition coefficient (Wildman–Crippen LogP) is 8.04. The Kier molecular flexibility index (Phi) is 36.4. The van der Waals surface area contributed by atoms with Crippen LogP contribution in [0.3, 0.4) is 0 Å². The van der Waals surface area contributed by atoms with Crippen molar-refractivity contribution in [1.82, 2.24) is 0 Å². The molecule has 0 amide bonds. The van der Waals surface area contributed by atoms with Gasteiger partial charge in [-0.15, -0.1) is 0 Å². The first-order chi connectivity index (χ1) is 9.20. The summed E-state index contributed by atoms with van der Waals surface area (Å²) in [5, 5.41) is 0.